The van der Waals surface area contributed by atoms with Crippen LogP contribution in [0.5, 0.6) is 5.75 Å². The number of benzene rings is 2. The molecule has 1 fully saturated rings. The zero-order valence-electron chi connectivity index (χ0n) is 19.2. The number of halogens is 2. The Labute approximate surface area is 205 Å². The van der Waals surface area contributed by atoms with Crippen LogP contribution in [0.1, 0.15) is 36.0 Å². The molecule has 2 aliphatic rings. The Kier molecular flexibility index (Phi) is 7.65. The van der Waals surface area contributed by atoms with E-state index in [1.54, 1.807) is 12.1 Å². The van der Waals surface area contributed by atoms with Crippen molar-refractivity contribution in [3.05, 3.63) is 68.7 Å². The summed E-state index contributed by atoms with van der Waals surface area (Å²) in [5, 5.41) is 3.91. The maximum Gasteiger partial charge on any atom is 0.247 e. The molecular formula is C26H31Cl2N2O3+. The van der Waals surface area contributed by atoms with E-state index < -0.39 is 0 Å². The van der Waals surface area contributed by atoms with Gasteiger partial charge in [0.05, 0.1) is 50.0 Å². The molecule has 176 valence electrons. The van der Waals surface area contributed by atoms with Crippen molar-refractivity contribution in [1.82, 2.24) is 5.32 Å². The molecule has 4 rings (SSSR count). The fourth-order valence-corrected chi connectivity index (χ4v) is 4.86. The number of quaternary nitrogens is 1. The van der Waals surface area contributed by atoms with E-state index in [1.165, 1.54) is 5.56 Å². The molecule has 2 aromatic carbocycles. The second-order valence-electron chi connectivity index (χ2n) is 9.35. The molecule has 7 heteroatoms. The number of ether oxygens (including phenoxy) is 2. The van der Waals surface area contributed by atoms with E-state index >= 15 is 0 Å². The van der Waals surface area contributed by atoms with Crippen molar-refractivity contribution in [2.45, 2.75) is 38.4 Å². The maximum atomic E-state index is 12.8. The number of amides is 1. The lowest BCUT2D eigenvalue weighted by atomic mass is 10.0. The molecular weight excluding hydrogens is 459 g/mol. The number of rotatable bonds is 6. The molecule has 2 heterocycles. The highest BCUT2D eigenvalue weighted by molar-refractivity contribution is 6.42. The lowest BCUT2D eigenvalue weighted by molar-refractivity contribution is -0.929. The van der Waals surface area contributed by atoms with Crippen molar-refractivity contribution < 1.29 is 18.8 Å². The van der Waals surface area contributed by atoms with Crippen LogP contribution >= 0.6 is 23.2 Å². The molecule has 5 nitrogen and oxygen atoms in total. The summed E-state index contributed by atoms with van der Waals surface area (Å²) in [6, 6.07) is 12.6. The van der Waals surface area contributed by atoms with Crippen molar-refractivity contribution >= 4 is 35.2 Å². The highest BCUT2D eigenvalue weighted by Gasteiger charge is 2.30. The molecule has 2 aliphatic heterocycles. The topological polar surface area (TPSA) is 47.6 Å². The lowest BCUT2D eigenvalue weighted by Crippen LogP contribution is -2.50. The summed E-state index contributed by atoms with van der Waals surface area (Å²) in [6.07, 6.45) is 4.58. The molecule has 1 saturated heterocycles. The van der Waals surface area contributed by atoms with E-state index in [0.29, 0.717) is 47.0 Å². The van der Waals surface area contributed by atoms with E-state index in [9.17, 15) is 4.79 Å². The van der Waals surface area contributed by atoms with E-state index in [-0.39, 0.29) is 5.91 Å². The first-order valence-electron chi connectivity index (χ1n) is 11.4. The van der Waals surface area contributed by atoms with Crippen molar-refractivity contribution in [3.63, 3.8) is 0 Å². The number of carbonyl (C=O) groups is 1. The molecule has 0 bridgehead atoms. The molecule has 0 aromatic heterocycles. The Hall–Kier alpha value is -2.05. The van der Waals surface area contributed by atoms with Gasteiger partial charge in [-0.2, -0.15) is 0 Å². The van der Waals surface area contributed by atoms with Crippen molar-refractivity contribution in [2.75, 3.05) is 33.9 Å². The first kappa shape index (κ1) is 24.1. The van der Waals surface area contributed by atoms with Crippen LogP contribution in [0.3, 0.4) is 0 Å². The van der Waals surface area contributed by atoms with Gasteiger partial charge in [-0.1, -0.05) is 47.5 Å². The van der Waals surface area contributed by atoms with Gasteiger partial charge in [0.15, 0.2) is 0 Å². The van der Waals surface area contributed by atoms with Crippen molar-refractivity contribution in [3.8, 4) is 5.75 Å². The van der Waals surface area contributed by atoms with Crippen LogP contribution in [0.2, 0.25) is 10.0 Å². The standard InChI is InChI=1S/C26H30Cl2N2O3/c1-30(2,22-8-10-32-11-9-22)17-19-5-3-18(4-6-19)16-29-26(31)20-7-12-33-25-15-24(28)23(27)14-21(25)13-20/h3-6,13-15,22H,7-12,16-17H2,1-2H3/p+1. The molecule has 0 unspecified atom stereocenters. The lowest BCUT2D eigenvalue weighted by Gasteiger charge is -2.40. The van der Waals surface area contributed by atoms with Gasteiger partial charge in [0, 0.05) is 48.6 Å². The number of carbonyl (C=O) groups excluding carboxylic acids is 1. The normalized spacial score (nSPS) is 16.9. The Bertz CT molecular complexity index is 1030. The third kappa shape index (κ3) is 6.10. The first-order chi connectivity index (χ1) is 15.8. The van der Waals surface area contributed by atoms with E-state index in [4.69, 9.17) is 32.7 Å². The highest BCUT2D eigenvalue weighted by atomic mass is 35.5. The zero-order chi connectivity index (χ0) is 23.4. The second-order valence-corrected chi connectivity index (χ2v) is 10.2. The fourth-order valence-electron chi connectivity index (χ4n) is 4.53. The van der Waals surface area contributed by atoms with Crippen LogP contribution in [0, 0.1) is 0 Å². The van der Waals surface area contributed by atoms with Crippen LogP contribution < -0.4 is 10.1 Å². The molecule has 0 atom stereocenters. The van der Waals surface area contributed by atoms with Gasteiger partial charge >= 0.3 is 0 Å². The fraction of sp³-hybridized carbons (Fsp3) is 0.423. The van der Waals surface area contributed by atoms with Crippen molar-refractivity contribution in [1.29, 1.82) is 0 Å². The molecule has 33 heavy (non-hydrogen) atoms. The third-order valence-corrected chi connectivity index (χ3v) is 7.27. The average Bonchev–Trinajstić information content (AvgIpc) is 3.01. The van der Waals surface area contributed by atoms with Crippen LogP contribution in [-0.4, -0.2) is 50.3 Å². The largest absolute Gasteiger partial charge is 0.493 e. The molecule has 1 N–H and O–H groups in total. The summed E-state index contributed by atoms with van der Waals surface area (Å²) in [4.78, 5) is 12.8. The molecule has 0 aliphatic carbocycles. The van der Waals surface area contributed by atoms with Gasteiger partial charge in [-0.05, 0) is 17.7 Å². The molecule has 0 radical (unpaired) electrons. The smallest absolute Gasteiger partial charge is 0.247 e. The second kappa shape index (κ2) is 10.5. The van der Waals surface area contributed by atoms with Gasteiger partial charge < -0.3 is 19.3 Å². The molecule has 0 saturated carbocycles. The molecule has 1 amide bonds. The van der Waals surface area contributed by atoms with Crippen LogP contribution in [0.25, 0.3) is 6.08 Å². The monoisotopic (exact) mass is 489 g/mol. The van der Waals surface area contributed by atoms with E-state index in [2.05, 4.69) is 43.7 Å². The number of nitrogens with one attached hydrogen (secondary N) is 1. The minimum atomic E-state index is -0.0982. The third-order valence-electron chi connectivity index (χ3n) is 6.55. The number of fused-ring (bicyclic) bond motifs is 1. The van der Waals surface area contributed by atoms with Gasteiger partial charge in [0.2, 0.25) is 5.91 Å². The summed E-state index contributed by atoms with van der Waals surface area (Å²) in [5.74, 6) is 0.545. The van der Waals surface area contributed by atoms with Crippen LogP contribution in [0.4, 0.5) is 0 Å². The van der Waals surface area contributed by atoms with Gasteiger partial charge in [-0.15, -0.1) is 0 Å². The number of hydrogen-bond acceptors (Lipinski definition) is 3. The minimum Gasteiger partial charge on any atom is -0.493 e. The molecule has 0 spiro atoms. The summed E-state index contributed by atoms with van der Waals surface area (Å²) in [5.41, 5.74) is 3.81. The summed E-state index contributed by atoms with van der Waals surface area (Å²) in [6.45, 7) is 3.60. The predicted octanol–water partition coefficient (Wildman–Crippen LogP) is 5.23. The van der Waals surface area contributed by atoms with E-state index in [0.717, 1.165) is 48.2 Å². The van der Waals surface area contributed by atoms with Gasteiger partial charge in [-0.25, -0.2) is 0 Å². The Morgan fingerprint density at radius 3 is 2.42 bits per heavy atom. The Balaban J connectivity index is 1.35. The number of nitrogens with zero attached hydrogens (tertiary/aromatic N) is 1. The summed E-state index contributed by atoms with van der Waals surface area (Å²) in [7, 11) is 4.60. The zero-order valence-corrected chi connectivity index (χ0v) is 20.7. The van der Waals surface area contributed by atoms with E-state index in [1.807, 2.05) is 6.08 Å². The van der Waals surface area contributed by atoms with Crippen molar-refractivity contribution in [2.24, 2.45) is 0 Å². The summed E-state index contributed by atoms with van der Waals surface area (Å²) >= 11 is 12.2. The quantitative estimate of drug-likeness (QED) is 0.564. The average molecular weight is 490 g/mol. The minimum absolute atomic E-state index is 0.0982. The van der Waals surface area contributed by atoms with Crippen LogP contribution in [-0.2, 0) is 22.6 Å². The Morgan fingerprint density at radius 1 is 1.03 bits per heavy atom. The highest BCUT2D eigenvalue weighted by Crippen LogP contribution is 2.34. The molecule has 2 aromatic rings. The SMILES string of the molecule is C[N+](C)(Cc1ccc(CNC(=O)C2=Cc3cc(Cl)c(Cl)cc3OCC2)cc1)C1CCOCC1. The maximum absolute atomic E-state index is 12.8. The predicted molar refractivity (Wildman–Crippen MR) is 132 cm³/mol. The Morgan fingerprint density at radius 2 is 1.70 bits per heavy atom. The van der Waals surface area contributed by atoms with Gasteiger partial charge in [-0.3, -0.25) is 4.79 Å². The first-order valence-corrected chi connectivity index (χ1v) is 12.2. The van der Waals surface area contributed by atoms with Gasteiger partial charge in [0.1, 0.15) is 12.3 Å². The number of hydrogen-bond donors (Lipinski definition) is 1. The van der Waals surface area contributed by atoms with Gasteiger partial charge in [0.25, 0.3) is 0 Å². The van der Waals surface area contributed by atoms with Crippen LogP contribution in [0.15, 0.2) is 42.0 Å². The summed E-state index contributed by atoms with van der Waals surface area (Å²) < 4.78 is 12.2.